The van der Waals surface area contributed by atoms with E-state index in [9.17, 15) is 19.8 Å². The second kappa shape index (κ2) is 7.21. The van der Waals surface area contributed by atoms with Crippen LogP contribution in [0.3, 0.4) is 0 Å². The van der Waals surface area contributed by atoms with Crippen LogP contribution in [0.2, 0.25) is 5.02 Å². The number of hydrogen-bond acceptors (Lipinski definition) is 6. The monoisotopic (exact) mass is 494 g/mol. The van der Waals surface area contributed by atoms with Crippen molar-refractivity contribution >= 4 is 29.0 Å². The van der Waals surface area contributed by atoms with Crippen LogP contribution in [0.1, 0.15) is 36.8 Å². The number of likely N-dealkylation sites (tertiary alicyclic amines) is 1. The number of carbonyl (C=O) groups excluding carboxylic acids is 2. The van der Waals surface area contributed by atoms with Crippen molar-refractivity contribution in [3.05, 3.63) is 52.5 Å². The maximum absolute atomic E-state index is 13.9. The number of ether oxygens (including phenoxy) is 1. The molecule has 182 valence electrons. The van der Waals surface area contributed by atoms with Gasteiger partial charge in [0, 0.05) is 28.9 Å². The number of anilines is 1. The number of ketones is 1. The molecule has 1 amide bonds. The van der Waals surface area contributed by atoms with Crippen molar-refractivity contribution in [2.24, 2.45) is 11.8 Å². The van der Waals surface area contributed by atoms with Crippen LogP contribution in [-0.2, 0) is 21.4 Å². The first kappa shape index (κ1) is 21.7. The molecule has 1 spiro atoms. The molecule has 3 aliphatic carbocycles. The molecule has 3 N–H and O–H groups in total. The third-order valence-electron chi connectivity index (χ3n) is 9.04. The molecule has 35 heavy (non-hydrogen) atoms. The van der Waals surface area contributed by atoms with Gasteiger partial charge in [0.25, 0.3) is 0 Å². The predicted molar refractivity (Wildman–Crippen MR) is 129 cm³/mol. The lowest BCUT2D eigenvalue weighted by Gasteiger charge is -2.63. The number of phenols is 1. The minimum atomic E-state index is -1.33. The highest BCUT2D eigenvalue weighted by Gasteiger charge is 2.75. The van der Waals surface area contributed by atoms with Crippen molar-refractivity contribution in [2.75, 3.05) is 18.4 Å². The fraction of sp³-hybridized carbons (Fsp3) is 0.481. The van der Waals surface area contributed by atoms with Gasteiger partial charge >= 0.3 is 0 Å². The summed E-state index contributed by atoms with van der Waals surface area (Å²) in [5, 5.41) is 26.5. The van der Waals surface area contributed by atoms with E-state index in [1.807, 2.05) is 6.07 Å². The Bertz CT molecular complexity index is 1280. The molecule has 3 fully saturated rings. The van der Waals surface area contributed by atoms with Gasteiger partial charge in [-0.2, -0.15) is 0 Å². The first-order valence-corrected chi connectivity index (χ1v) is 12.8. The van der Waals surface area contributed by atoms with Gasteiger partial charge in [-0.1, -0.05) is 23.7 Å². The Morgan fingerprint density at radius 1 is 1.26 bits per heavy atom. The van der Waals surface area contributed by atoms with Gasteiger partial charge in [0.2, 0.25) is 5.91 Å². The first-order chi connectivity index (χ1) is 16.8. The zero-order valence-electron chi connectivity index (χ0n) is 19.2. The molecule has 2 aliphatic heterocycles. The summed E-state index contributed by atoms with van der Waals surface area (Å²) in [5.74, 6) is -0.967. The highest BCUT2D eigenvalue weighted by atomic mass is 35.5. The summed E-state index contributed by atoms with van der Waals surface area (Å²) in [6, 6.07) is 10.1. The molecule has 5 aliphatic rings. The van der Waals surface area contributed by atoms with E-state index in [0.717, 1.165) is 24.2 Å². The van der Waals surface area contributed by atoms with Gasteiger partial charge in [0.1, 0.15) is 5.92 Å². The number of nitrogens with zero attached hydrogens (tertiary/aromatic N) is 1. The maximum Gasteiger partial charge on any atom is 0.235 e. The standard InChI is InChI=1S/C27H27ClN2O5/c28-16-2-1-3-17(11-16)29-25(33)18-12-27(34)20-10-15-6-7-19(31)23-21(15)26(27,24(35-23)22(18)32)8-9-30(20)13-14-4-5-14/h1-3,6-7,11,14,18,20,24,31,34H,4-5,8-10,12-13H2,(H,29,33)/t18?,20-,24+,26+,27-/m1/s1. The number of rotatable bonds is 4. The lowest BCUT2D eigenvalue weighted by molar-refractivity contribution is -0.197. The van der Waals surface area contributed by atoms with Crippen molar-refractivity contribution < 1.29 is 24.5 Å². The number of nitrogens with one attached hydrogen (secondary N) is 1. The molecule has 2 heterocycles. The molecule has 1 saturated heterocycles. The molecule has 2 bridgehead atoms. The van der Waals surface area contributed by atoms with Crippen LogP contribution in [0.15, 0.2) is 36.4 Å². The van der Waals surface area contributed by atoms with E-state index < -0.39 is 28.9 Å². The van der Waals surface area contributed by atoms with Crippen molar-refractivity contribution in [2.45, 2.75) is 55.3 Å². The second-order valence-electron chi connectivity index (χ2n) is 10.9. The average Bonchev–Trinajstić information content (AvgIpc) is 3.56. The molecule has 2 aromatic carbocycles. The number of amides is 1. The first-order valence-electron chi connectivity index (χ1n) is 12.4. The van der Waals surface area contributed by atoms with Crippen LogP contribution in [0.4, 0.5) is 5.69 Å². The lowest BCUT2D eigenvalue weighted by atomic mass is 9.47. The van der Waals surface area contributed by atoms with Gasteiger partial charge in [-0.25, -0.2) is 0 Å². The highest BCUT2D eigenvalue weighted by molar-refractivity contribution is 6.31. The summed E-state index contributed by atoms with van der Waals surface area (Å²) in [4.78, 5) is 29.6. The third kappa shape index (κ3) is 2.86. The molecular weight excluding hydrogens is 468 g/mol. The van der Waals surface area contributed by atoms with Crippen LogP contribution in [0, 0.1) is 11.8 Å². The molecule has 1 unspecified atom stereocenters. The van der Waals surface area contributed by atoms with E-state index in [2.05, 4.69) is 10.2 Å². The van der Waals surface area contributed by atoms with E-state index in [1.54, 1.807) is 30.3 Å². The van der Waals surface area contributed by atoms with Crippen molar-refractivity contribution in [3.8, 4) is 11.5 Å². The SMILES string of the molecule is O=C(Nc1cccc(Cl)c1)C1C[C@@]2(O)[C@H]3Cc4ccc(O)c5c4[C@@]2(CCN3CC2CC2)[C@@H](O5)C1=O. The fourth-order valence-electron chi connectivity index (χ4n) is 7.32. The summed E-state index contributed by atoms with van der Waals surface area (Å²) in [7, 11) is 0. The smallest absolute Gasteiger partial charge is 0.235 e. The molecule has 7 nitrogen and oxygen atoms in total. The zero-order chi connectivity index (χ0) is 24.1. The summed E-state index contributed by atoms with van der Waals surface area (Å²) in [5.41, 5.74) is 0.00140. The van der Waals surface area contributed by atoms with Gasteiger partial charge in [0.05, 0.1) is 11.0 Å². The maximum atomic E-state index is 13.9. The van der Waals surface area contributed by atoms with Crippen LogP contribution in [0.5, 0.6) is 11.5 Å². The van der Waals surface area contributed by atoms with Crippen LogP contribution in [0.25, 0.3) is 0 Å². The number of carbonyl (C=O) groups is 2. The lowest BCUT2D eigenvalue weighted by Crippen LogP contribution is -2.78. The number of halogens is 1. The largest absolute Gasteiger partial charge is 0.504 e. The topological polar surface area (TPSA) is 99.1 Å². The van der Waals surface area contributed by atoms with Gasteiger partial charge in [-0.05, 0) is 74.4 Å². The zero-order valence-corrected chi connectivity index (χ0v) is 19.9. The van der Waals surface area contributed by atoms with Crippen LogP contribution < -0.4 is 10.1 Å². The Labute approximate surface area is 208 Å². The molecule has 2 saturated carbocycles. The number of hydrogen-bond donors (Lipinski definition) is 3. The summed E-state index contributed by atoms with van der Waals surface area (Å²) in [6.07, 6.45) is 2.57. The summed E-state index contributed by atoms with van der Waals surface area (Å²) in [6.45, 7) is 1.67. The molecule has 5 atom stereocenters. The summed E-state index contributed by atoms with van der Waals surface area (Å²) >= 11 is 6.08. The van der Waals surface area contributed by atoms with Gasteiger partial charge < -0.3 is 20.3 Å². The number of piperidine rings is 1. The number of benzene rings is 2. The average molecular weight is 495 g/mol. The van der Waals surface area contributed by atoms with E-state index in [1.165, 1.54) is 12.8 Å². The number of Topliss-reactive ketones (excluding diaryl/α,β-unsaturated/α-hetero) is 1. The van der Waals surface area contributed by atoms with Crippen molar-refractivity contribution in [1.82, 2.24) is 4.90 Å². The predicted octanol–water partition coefficient (Wildman–Crippen LogP) is 3.04. The van der Waals surface area contributed by atoms with E-state index in [-0.39, 0.29) is 24.0 Å². The molecule has 8 heteroatoms. The molecular formula is C27H27ClN2O5. The van der Waals surface area contributed by atoms with Gasteiger partial charge in [-0.3, -0.25) is 14.5 Å². The van der Waals surface area contributed by atoms with E-state index in [0.29, 0.717) is 35.2 Å². The van der Waals surface area contributed by atoms with E-state index >= 15 is 0 Å². The molecule has 0 aromatic heterocycles. The Balaban J connectivity index is 1.32. The second-order valence-corrected chi connectivity index (χ2v) is 11.3. The summed E-state index contributed by atoms with van der Waals surface area (Å²) < 4.78 is 6.19. The minimum absolute atomic E-state index is 0.0263. The normalized spacial score (nSPS) is 34.8. The van der Waals surface area contributed by atoms with Gasteiger partial charge in [-0.15, -0.1) is 0 Å². The minimum Gasteiger partial charge on any atom is -0.504 e. The molecule has 2 aromatic rings. The molecule has 0 radical (unpaired) electrons. The third-order valence-corrected chi connectivity index (χ3v) is 9.27. The Morgan fingerprint density at radius 3 is 2.86 bits per heavy atom. The van der Waals surface area contributed by atoms with Crippen molar-refractivity contribution in [3.63, 3.8) is 0 Å². The van der Waals surface area contributed by atoms with Crippen LogP contribution >= 0.6 is 11.6 Å². The quantitative estimate of drug-likeness (QED) is 0.565. The van der Waals surface area contributed by atoms with Crippen LogP contribution in [-0.4, -0.2) is 57.6 Å². The number of phenolic OH excluding ortho intramolecular Hbond substituents is 1. The number of aromatic hydroxyl groups is 1. The fourth-order valence-corrected chi connectivity index (χ4v) is 7.51. The number of aliphatic hydroxyl groups is 1. The van der Waals surface area contributed by atoms with Crippen molar-refractivity contribution in [1.29, 1.82) is 0 Å². The molecule has 7 rings (SSSR count). The highest BCUT2D eigenvalue weighted by Crippen LogP contribution is 2.65. The van der Waals surface area contributed by atoms with E-state index in [4.69, 9.17) is 16.3 Å². The van der Waals surface area contributed by atoms with Gasteiger partial charge in [0.15, 0.2) is 23.4 Å². The Hall–Kier alpha value is -2.61. The Morgan fingerprint density at radius 2 is 2.09 bits per heavy atom. The Kier molecular flexibility index (Phi) is 4.46.